The van der Waals surface area contributed by atoms with Gasteiger partial charge in [0.05, 0.1) is 29.2 Å². The van der Waals surface area contributed by atoms with Gasteiger partial charge < -0.3 is 24.8 Å². The van der Waals surface area contributed by atoms with Crippen molar-refractivity contribution in [1.82, 2.24) is 25.1 Å². The zero-order valence-electron chi connectivity index (χ0n) is 25.7. The zero-order chi connectivity index (χ0) is 30.7. The molecular formula is C33H42N6O3. The van der Waals surface area contributed by atoms with Gasteiger partial charge in [-0.15, -0.1) is 0 Å². The van der Waals surface area contributed by atoms with Crippen molar-refractivity contribution in [3.05, 3.63) is 77.4 Å². The maximum Gasteiger partial charge on any atom is 0.316 e. The highest BCUT2D eigenvalue weighted by Crippen LogP contribution is 2.40. The lowest BCUT2D eigenvalue weighted by Gasteiger charge is -2.34. The van der Waals surface area contributed by atoms with E-state index in [1.807, 2.05) is 81.6 Å². The van der Waals surface area contributed by atoms with Gasteiger partial charge in [0.1, 0.15) is 23.1 Å². The summed E-state index contributed by atoms with van der Waals surface area (Å²) in [7, 11) is 3.74. The van der Waals surface area contributed by atoms with Crippen molar-refractivity contribution in [3.8, 4) is 17.6 Å². The van der Waals surface area contributed by atoms with Gasteiger partial charge in [0.15, 0.2) is 0 Å². The first kappa shape index (κ1) is 30.6. The molecule has 3 amide bonds. The van der Waals surface area contributed by atoms with E-state index in [0.717, 1.165) is 37.1 Å². The highest BCUT2D eigenvalue weighted by Gasteiger charge is 2.41. The molecule has 2 atom stereocenters. The van der Waals surface area contributed by atoms with Crippen LogP contribution in [0, 0.1) is 11.3 Å². The molecule has 0 aliphatic carbocycles. The Morgan fingerprint density at radius 1 is 1.12 bits per heavy atom. The Balaban J connectivity index is 1.75. The third kappa shape index (κ3) is 6.13. The van der Waals surface area contributed by atoms with Gasteiger partial charge in [0.25, 0.3) is 0 Å². The van der Waals surface area contributed by atoms with Crippen molar-refractivity contribution in [1.29, 1.82) is 5.26 Å². The molecule has 2 N–H and O–H groups in total. The number of hydrogen-bond acceptors (Lipinski definition) is 5. The molecule has 1 fully saturated rings. The van der Waals surface area contributed by atoms with Crippen LogP contribution in [-0.2, 0) is 22.8 Å². The maximum atomic E-state index is 13.5. The minimum Gasteiger partial charge on any atom is -0.456 e. The Labute approximate surface area is 248 Å². The van der Waals surface area contributed by atoms with Gasteiger partial charge in [-0.05, 0) is 82.3 Å². The first-order valence-corrected chi connectivity index (χ1v) is 14.5. The summed E-state index contributed by atoms with van der Waals surface area (Å²) in [5, 5.41) is 16.0. The molecule has 4 rings (SSSR count). The fraction of sp³-hybridized carbons (Fsp3) is 0.455. The summed E-state index contributed by atoms with van der Waals surface area (Å²) in [5.74, 6) is 1.02. The normalized spacial score (nSPS) is 18.9. The van der Waals surface area contributed by atoms with Gasteiger partial charge in [0.2, 0.25) is 5.91 Å². The quantitative estimate of drug-likeness (QED) is 0.377. The molecule has 1 unspecified atom stereocenters. The molecular weight excluding hydrogens is 528 g/mol. The van der Waals surface area contributed by atoms with Gasteiger partial charge in [-0.3, -0.25) is 4.79 Å². The van der Waals surface area contributed by atoms with Crippen LogP contribution in [0.1, 0.15) is 82.7 Å². The Kier molecular flexibility index (Phi) is 8.67. The minimum absolute atomic E-state index is 0.130. The second kappa shape index (κ2) is 11.9. The van der Waals surface area contributed by atoms with E-state index in [1.165, 1.54) is 0 Å². The number of carbonyl (C=O) groups excluding carboxylic acids is 2. The van der Waals surface area contributed by atoms with Crippen LogP contribution in [0.5, 0.6) is 11.5 Å². The number of imidazole rings is 1. The Morgan fingerprint density at radius 2 is 1.88 bits per heavy atom. The summed E-state index contributed by atoms with van der Waals surface area (Å²) in [5.41, 5.74) is 0.675. The first-order valence-electron chi connectivity index (χ1n) is 14.5. The van der Waals surface area contributed by atoms with Crippen LogP contribution < -0.4 is 15.4 Å². The summed E-state index contributed by atoms with van der Waals surface area (Å²) in [6, 6.07) is 14.8. The molecule has 0 bridgehead atoms. The highest BCUT2D eigenvalue weighted by molar-refractivity contribution is 5.88. The van der Waals surface area contributed by atoms with E-state index in [2.05, 4.69) is 28.6 Å². The highest BCUT2D eigenvalue weighted by atomic mass is 16.5. The third-order valence-electron chi connectivity index (χ3n) is 8.18. The smallest absolute Gasteiger partial charge is 0.316 e. The SMILES string of the molecule is CCC1(c2cccc(Oc3cc([C@](C)(NC(=O)NC(C)(C)C)c4cncn4C)ccc3C#N)c2)CCCCN(C)C1=O. The average Bonchev–Trinajstić information content (AvgIpc) is 3.32. The van der Waals surface area contributed by atoms with E-state index in [4.69, 9.17) is 4.74 Å². The number of nitriles is 1. The second-order valence-corrected chi connectivity index (χ2v) is 12.4. The van der Waals surface area contributed by atoms with Crippen molar-refractivity contribution < 1.29 is 14.3 Å². The van der Waals surface area contributed by atoms with Crippen LogP contribution in [0.15, 0.2) is 55.0 Å². The van der Waals surface area contributed by atoms with Crippen molar-refractivity contribution in [2.24, 2.45) is 7.05 Å². The van der Waals surface area contributed by atoms with Crippen molar-refractivity contribution in [2.45, 2.75) is 76.8 Å². The summed E-state index contributed by atoms with van der Waals surface area (Å²) in [4.78, 5) is 32.8. The number of nitrogens with zero attached hydrogens (tertiary/aromatic N) is 4. The average molecular weight is 571 g/mol. The van der Waals surface area contributed by atoms with Crippen LogP contribution in [0.3, 0.4) is 0 Å². The predicted molar refractivity (Wildman–Crippen MR) is 162 cm³/mol. The van der Waals surface area contributed by atoms with Crippen molar-refractivity contribution in [3.63, 3.8) is 0 Å². The van der Waals surface area contributed by atoms with Gasteiger partial charge in [-0.2, -0.15) is 5.26 Å². The summed E-state index contributed by atoms with van der Waals surface area (Å²) < 4.78 is 8.24. The van der Waals surface area contributed by atoms with Crippen molar-refractivity contribution >= 4 is 11.9 Å². The molecule has 2 aromatic carbocycles. The Hall–Kier alpha value is -4.32. The molecule has 1 aromatic heterocycles. The molecule has 1 aliphatic heterocycles. The number of carbonyl (C=O) groups is 2. The molecule has 0 radical (unpaired) electrons. The van der Waals surface area contributed by atoms with Crippen LogP contribution in [-0.4, -0.2) is 45.5 Å². The molecule has 222 valence electrons. The summed E-state index contributed by atoms with van der Waals surface area (Å²) in [6.45, 7) is 10.5. The standard InChI is InChI=1S/C33H42N6O3/c1-8-33(16-9-10-17-38(6)29(33)40)25-12-11-13-26(18-25)42-27-19-24(15-14-23(27)20-34)32(5,28-21-35-22-39(28)7)37-30(41)36-31(2,3)4/h11-15,18-19,21-22H,8-10,16-17H2,1-7H3,(H2,36,37,41)/t32-,33?/m0/s1. The minimum atomic E-state index is -1.00. The van der Waals surface area contributed by atoms with Gasteiger partial charge >= 0.3 is 6.03 Å². The number of aryl methyl sites for hydroxylation is 1. The Bertz CT molecular complexity index is 1500. The van der Waals surface area contributed by atoms with E-state index < -0.39 is 16.5 Å². The number of benzene rings is 2. The zero-order valence-corrected chi connectivity index (χ0v) is 25.7. The number of amides is 3. The molecule has 9 heteroatoms. The predicted octanol–water partition coefficient (Wildman–Crippen LogP) is 5.74. The molecule has 3 aromatic rings. The molecule has 9 nitrogen and oxygen atoms in total. The van der Waals surface area contributed by atoms with Gasteiger partial charge in [0, 0.05) is 26.2 Å². The fourth-order valence-corrected chi connectivity index (χ4v) is 5.87. The molecule has 42 heavy (non-hydrogen) atoms. The number of urea groups is 1. The van der Waals surface area contributed by atoms with E-state index in [-0.39, 0.29) is 11.9 Å². The number of likely N-dealkylation sites (tertiary alicyclic amines) is 1. The number of ether oxygens (including phenoxy) is 1. The number of nitrogens with one attached hydrogen (secondary N) is 2. The van der Waals surface area contributed by atoms with Crippen molar-refractivity contribution in [2.75, 3.05) is 13.6 Å². The van der Waals surface area contributed by atoms with E-state index >= 15 is 0 Å². The maximum absolute atomic E-state index is 13.5. The molecule has 2 heterocycles. The van der Waals surface area contributed by atoms with E-state index in [9.17, 15) is 14.9 Å². The number of rotatable bonds is 7. The summed E-state index contributed by atoms with van der Waals surface area (Å²) in [6.07, 6.45) is 6.81. The first-order chi connectivity index (χ1) is 19.8. The number of likely N-dealkylation sites (N-methyl/N-ethyl adjacent to an activating group) is 1. The lowest BCUT2D eigenvalue weighted by Crippen LogP contribution is -2.54. The van der Waals surface area contributed by atoms with Crippen LogP contribution >= 0.6 is 0 Å². The third-order valence-corrected chi connectivity index (χ3v) is 8.18. The summed E-state index contributed by atoms with van der Waals surface area (Å²) >= 11 is 0. The molecule has 1 saturated heterocycles. The van der Waals surface area contributed by atoms with Crippen LogP contribution in [0.25, 0.3) is 0 Å². The van der Waals surface area contributed by atoms with E-state index in [0.29, 0.717) is 29.0 Å². The van der Waals surface area contributed by atoms with Gasteiger partial charge in [-0.1, -0.05) is 31.5 Å². The fourth-order valence-electron chi connectivity index (χ4n) is 5.87. The lowest BCUT2D eigenvalue weighted by molar-refractivity contribution is -0.135. The molecule has 0 saturated carbocycles. The largest absolute Gasteiger partial charge is 0.456 e. The molecule has 0 spiro atoms. The molecule has 1 aliphatic rings. The monoisotopic (exact) mass is 570 g/mol. The van der Waals surface area contributed by atoms with Crippen LogP contribution in [0.2, 0.25) is 0 Å². The topological polar surface area (TPSA) is 112 Å². The lowest BCUT2D eigenvalue weighted by atomic mass is 9.73. The van der Waals surface area contributed by atoms with E-state index in [1.54, 1.807) is 24.7 Å². The number of aromatic nitrogens is 2. The van der Waals surface area contributed by atoms with Crippen LogP contribution in [0.4, 0.5) is 4.79 Å². The number of hydrogen-bond donors (Lipinski definition) is 2. The Morgan fingerprint density at radius 3 is 2.52 bits per heavy atom. The van der Waals surface area contributed by atoms with Gasteiger partial charge in [-0.25, -0.2) is 9.78 Å². The second-order valence-electron chi connectivity index (χ2n) is 12.4.